The van der Waals surface area contributed by atoms with Crippen molar-refractivity contribution in [1.82, 2.24) is 5.01 Å². The van der Waals surface area contributed by atoms with Gasteiger partial charge in [-0.2, -0.15) is 0 Å². The fourth-order valence-electron chi connectivity index (χ4n) is 1.43. The maximum atomic E-state index is 12.3. The average molecular weight is 310 g/mol. The lowest BCUT2D eigenvalue weighted by atomic mass is 10.1. The first-order valence-electron chi connectivity index (χ1n) is 5.23. The van der Waals surface area contributed by atoms with E-state index in [1.165, 1.54) is 19.2 Å². The number of hydrogen-bond donors (Lipinski definition) is 3. The van der Waals surface area contributed by atoms with E-state index >= 15 is 0 Å². The number of alkyl halides is 3. The fourth-order valence-corrected chi connectivity index (χ4v) is 1.53. The van der Waals surface area contributed by atoms with Gasteiger partial charge in [-0.1, -0.05) is 6.07 Å². The van der Waals surface area contributed by atoms with E-state index in [9.17, 15) is 18.3 Å². The van der Waals surface area contributed by atoms with Crippen LogP contribution in [-0.2, 0) is 6.61 Å². The minimum Gasteiger partial charge on any atom is -0.405 e. The van der Waals surface area contributed by atoms with Gasteiger partial charge in [0, 0.05) is 12.6 Å². The molecule has 5 N–H and O–H groups in total. The van der Waals surface area contributed by atoms with Crippen LogP contribution in [0.15, 0.2) is 18.2 Å². The molecule has 1 aromatic rings. The van der Waals surface area contributed by atoms with Crippen LogP contribution in [-0.4, -0.2) is 28.6 Å². The normalized spacial score (nSPS) is 11.2. The molecule has 0 fully saturated rings. The summed E-state index contributed by atoms with van der Waals surface area (Å²) in [5.41, 5.74) is -0.104. The number of thiocarbonyl (C=S) groups is 1. The summed E-state index contributed by atoms with van der Waals surface area (Å²) in [7, 11) is 1.41. The Labute approximate surface area is 118 Å². The first-order valence-corrected chi connectivity index (χ1v) is 5.64. The van der Waals surface area contributed by atoms with Gasteiger partial charge in [0.1, 0.15) is 5.75 Å². The van der Waals surface area contributed by atoms with Gasteiger partial charge in [0.2, 0.25) is 5.11 Å². The molecule has 0 saturated carbocycles. The van der Waals surface area contributed by atoms with E-state index < -0.39 is 18.7 Å². The predicted octanol–water partition coefficient (Wildman–Crippen LogP) is 0.848. The van der Waals surface area contributed by atoms with Crippen molar-refractivity contribution < 1.29 is 23.0 Å². The summed E-state index contributed by atoms with van der Waals surface area (Å²) in [4.78, 5) is 0. The Bertz CT molecular complexity index is 496. The van der Waals surface area contributed by atoms with E-state index in [2.05, 4.69) is 4.74 Å². The van der Waals surface area contributed by atoms with E-state index in [1.54, 1.807) is 0 Å². The first-order chi connectivity index (χ1) is 9.17. The quantitative estimate of drug-likeness (QED) is 0.433. The Morgan fingerprint density at radius 2 is 2.00 bits per heavy atom. The first kappa shape index (κ1) is 16.4. The molecule has 112 valence electrons. The minimum absolute atomic E-state index is 0.0520. The number of aliphatic hydroxyl groups excluding tert-OH is 1. The zero-order valence-corrected chi connectivity index (χ0v) is 11.2. The number of hydrazine groups is 2. The Hall–Kier alpha value is -1.62. The van der Waals surface area contributed by atoms with E-state index in [0.717, 1.165) is 16.1 Å². The van der Waals surface area contributed by atoms with Gasteiger partial charge in [0.05, 0.1) is 12.3 Å². The topological polar surface area (TPSA) is 88.0 Å². The molecule has 0 amide bonds. The highest BCUT2D eigenvalue weighted by Gasteiger charge is 2.32. The van der Waals surface area contributed by atoms with Gasteiger partial charge in [-0.15, -0.1) is 13.2 Å². The molecule has 1 aromatic carbocycles. The number of rotatable bonds is 3. The zero-order valence-electron chi connectivity index (χ0n) is 10.4. The van der Waals surface area contributed by atoms with Crippen molar-refractivity contribution in [2.45, 2.75) is 13.0 Å². The van der Waals surface area contributed by atoms with Gasteiger partial charge >= 0.3 is 6.36 Å². The molecule has 6 nitrogen and oxygen atoms in total. The molecule has 10 heteroatoms. The average Bonchev–Trinajstić information content (AvgIpc) is 2.34. The number of anilines is 1. The molecule has 20 heavy (non-hydrogen) atoms. The van der Waals surface area contributed by atoms with Crippen molar-refractivity contribution in [3.05, 3.63) is 23.8 Å². The van der Waals surface area contributed by atoms with E-state index in [-0.39, 0.29) is 16.4 Å². The molecular weight excluding hydrogens is 297 g/mol. The molecule has 0 atom stereocenters. The molecule has 0 bridgehead atoms. The summed E-state index contributed by atoms with van der Waals surface area (Å²) in [6.07, 6.45) is -4.88. The molecule has 0 spiro atoms. The Morgan fingerprint density at radius 3 is 2.45 bits per heavy atom. The predicted molar refractivity (Wildman–Crippen MR) is 70.3 cm³/mol. The van der Waals surface area contributed by atoms with Crippen LogP contribution < -0.4 is 21.4 Å². The number of halogens is 3. The van der Waals surface area contributed by atoms with Crippen LogP contribution >= 0.6 is 12.2 Å². The van der Waals surface area contributed by atoms with Crippen LogP contribution in [0.2, 0.25) is 0 Å². The monoisotopic (exact) mass is 310 g/mol. The van der Waals surface area contributed by atoms with Crippen molar-refractivity contribution in [3.8, 4) is 5.75 Å². The van der Waals surface area contributed by atoms with Crippen LogP contribution in [0.4, 0.5) is 18.9 Å². The molecule has 0 aliphatic carbocycles. The van der Waals surface area contributed by atoms with Gasteiger partial charge in [-0.25, -0.2) is 11.7 Å². The Kier molecular flexibility index (Phi) is 5.11. The van der Waals surface area contributed by atoms with Crippen LogP contribution in [0.3, 0.4) is 0 Å². The maximum Gasteiger partial charge on any atom is 0.573 e. The van der Waals surface area contributed by atoms with Crippen molar-refractivity contribution in [2.75, 3.05) is 12.1 Å². The van der Waals surface area contributed by atoms with Crippen molar-refractivity contribution in [1.29, 1.82) is 0 Å². The van der Waals surface area contributed by atoms with Gasteiger partial charge in [0.15, 0.2) is 0 Å². The number of hydrogen-bond acceptors (Lipinski definition) is 5. The number of nitrogens with zero attached hydrogens (tertiary/aromatic N) is 2. The van der Waals surface area contributed by atoms with Gasteiger partial charge < -0.3 is 9.84 Å². The molecule has 0 aliphatic rings. The number of aliphatic hydroxyl groups is 1. The number of ether oxygens (including phenoxy) is 1. The number of nitrogens with two attached hydrogens (primary N) is 2. The molecule has 0 saturated heterocycles. The second-order valence-corrected chi connectivity index (χ2v) is 4.09. The largest absolute Gasteiger partial charge is 0.573 e. The molecule has 0 radical (unpaired) electrons. The molecule has 1 rings (SSSR count). The highest BCUT2D eigenvalue weighted by atomic mass is 32.1. The Balaban J connectivity index is 3.21. The van der Waals surface area contributed by atoms with Crippen LogP contribution in [0, 0.1) is 0 Å². The smallest absolute Gasteiger partial charge is 0.405 e. The van der Waals surface area contributed by atoms with Gasteiger partial charge in [0.25, 0.3) is 0 Å². The summed E-state index contributed by atoms with van der Waals surface area (Å²) in [6.45, 7) is -0.716. The standard InChI is InChI=1S/C10H13F3N4O2S/c1-16(14)9(20)17(15)7-3-2-4-8(6(7)5-18)19-10(11,12)13/h2-4,18H,5,14-15H2,1H3. The minimum atomic E-state index is -4.88. The van der Waals surface area contributed by atoms with E-state index in [0.29, 0.717) is 0 Å². The lowest BCUT2D eigenvalue weighted by Gasteiger charge is -2.26. The van der Waals surface area contributed by atoms with Crippen LogP contribution in [0.1, 0.15) is 5.56 Å². The summed E-state index contributed by atoms with van der Waals surface area (Å²) < 4.78 is 40.6. The molecular formula is C10H13F3N4O2S. The van der Waals surface area contributed by atoms with Crippen LogP contribution in [0.5, 0.6) is 5.75 Å². The summed E-state index contributed by atoms with van der Waals surface area (Å²) in [5.74, 6) is 10.5. The highest BCUT2D eigenvalue weighted by Crippen LogP contribution is 2.32. The third kappa shape index (κ3) is 3.93. The number of benzene rings is 1. The highest BCUT2D eigenvalue weighted by molar-refractivity contribution is 7.80. The van der Waals surface area contributed by atoms with Crippen molar-refractivity contribution in [2.24, 2.45) is 11.7 Å². The second kappa shape index (κ2) is 6.22. The summed E-state index contributed by atoms with van der Waals surface area (Å²) in [6, 6.07) is 3.73. The van der Waals surface area contributed by atoms with Crippen LogP contribution in [0.25, 0.3) is 0 Å². The van der Waals surface area contributed by atoms with E-state index in [4.69, 9.17) is 23.9 Å². The molecule has 0 aliphatic heterocycles. The zero-order chi connectivity index (χ0) is 15.5. The lowest BCUT2D eigenvalue weighted by Crippen LogP contribution is -2.48. The molecule has 0 aromatic heterocycles. The summed E-state index contributed by atoms with van der Waals surface area (Å²) in [5, 5.41) is 11.1. The summed E-state index contributed by atoms with van der Waals surface area (Å²) >= 11 is 4.90. The molecule has 0 unspecified atom stereocenters. The lowest BCUT2D eigenvalue weighted by molar-refractivity contribution is -0.275. The third-order valence-corrected chi connectivity index (χ3v) is 2.74. The fraction of sp³-hybridized carbons (Fsp3) is 0.300. The molecule has 0 heterocycles. The second-order valence-electron chi connectivity index (χ2n) is 3.72. The SMILES string of the molecule is CN(N)C(=S)N(N)c1cccc(OC(F)(F)F)c1CO. The third-order valence-electron chi connectivity index (χ3n) is 2.26. The Morgan fingerprint density at radius 1 is 1.40 bits per heavy atom. The van der Waals surface area contributed by atoms with Gasteiger partial charge in [-0.3, -0.25) is 10.0 Å². The van der Waals surface area contributed by atoms with Crippen molar-refractivity contribution in [3.63, 3.8) is 0 Å². The van der Waals surface area contributed by atoms with Gasteiger partial charge in [-0.05, 0) is 24.4 Å². The van der Waals surface area contributed by atoms with Crippen molar-refractivity contribution >= 4 is 23.0 Å². The maximum absolute atomic E-state index is 12.3. The van der Waals surface area contributed by atoms with E-state index in [1.807, 2.05) is 0 Å².